The quantitative estimate of drug-likeness (QED) is 0.845. The van der Waals surface area contributed by atoms with Crippen molar-refractivity contribution < 1.29 is 13.5 Å². The van der Waals surface area contributed by atoms with Crippen LogP contribution in [0.5, 0.6) is 0 Å². The van der Waals surface area contributed by atoms with Crippen molar-refractivity contribution >= 4 is 0 Å². The summed E-state index contributed by atoms with van der Waals surface area (Å²) in [6.07, 6.45) is 1.29. The standard InChI is InChI=1S/C14H21F2NO/c1-4-14(5-2,18-6-3)13(17)10-8-7-9-11(15)12(10)16/h7-9,13H,4-6,17H2,1-3H3. The lowest BCUT2D eigenvalue weighted by Gasteiger charge is -2.37. The largest absolute Gasteiger partial charge is 0.373 e. The smallest absolute Gasteiger partial charge is 0.163 e. The van der Waals surface area contributed by atoms with Gasteiger partial charge in [-0.1, -0.05) is 26.0 Å². The summed E-state index contributed by atoms with van der Waals surface area (Å²) in [4.78, 5) is 0. The monoisotopic (exact) mass is 257 g/mol. The van der Waals surface area contributed by atoms with Crippen molar-refractivity contribution in [2.24, 2.45) is 5.73 Å². The number of hydrogen-bond acceptors (Lipinski definition) is 2. The number of nitrogens with two attached hydrogens (primary N) is 1. The van der Waals surface area contributed by atoms with Gasteiger partial charge >= 0.3 is 0 Å². The van der Waals surface area contributed by atoms with Gasteiger partial charge in [0.1, 0.15) is 0 Å². The third kappa shape index (κ3) is 2.70. The second-order valence-corrected chi connectivity index (χ2v) is 4.33. The first-order valence-corrected chi connectivity index (χ1v) is 6.35. The molecule has 0 aliphatic heterocycles. The molecule has 0 fully saturated rings. The van der Waals surface area contributed by atoms with Gasteiger partial charge in [-0.3, -0.25) is 0 Å². The first kappa shape index (κ1) is 15.1. The normalized spacial score (nSPS) is 13.7. The van der Waals surface area contributed by atoms with E-state index >= 15 is 0 Å². The number of rotatable bonds is 6. The Hall–Kier alpha value is -1.00. The molecule has 0 amide bonds. The average Bonchev–Trinajstić information content (AvgIpc) is 2.38. The van der Waals surface area contributed by atoms with Gasteiger partial charge in [0, 0.05) is 12.2 Å². The minimum absolute atomic E-state index is 0.173. The SMILES string of the molecule is CCOC(CC)(CC)C(N)c1cccc(F)c1F. The van der Waals surface area contributed by atoms with Gasteiger partial charge in [-0.25, -0.2) is 8.78 Å². The second-order valence-electron chi connectivity index (χ2n) is 4.33. The Morgan fingerprint density at radius 2 is 1.83 bits per heavy atom. The summed E-state index contributed by atoms with van der Waals surface area (Å²) >= 11 is 0. The summed E-state index contributed by atoms with van der Waals surface area (Å²) < 4.78 is 32.8. The third-order valence-electron chi connectivity index (χ3n) is 3.51. The first-order chi connectivity index (χ1) is 8.52. The van der Waals surface area contributed by atoms with E-state index in [2.05, 4.69) is 0 Å². The van der Waals surface area contributed by atoms with Crippen molar-refractivity contribution in [1.82, 2.24) is 0 Å². The van der Waals surface area contributed by atoms with E-state index in [4.69, 9.17) is 10.5 Å². The molecule has 0 spiro atoms. The van der Waals surface area contributed by atoms with Crippen molar-refractivity contribution in [3.63, 3.8) is 0 Å². The lowest BCUT2D eigenvalue weighted by atomic mass is 9.84. The predicted octanol–water partition coefficient (Wildman–Crippen LogP) is 3.56. The number of hydrogen-bond donors (Lipinski definition) is 1. The van der Waals surface area contributed by atoms with Gasteiger partial charge in [0.05, 0.1) is 11.6 Å². The van der Waals surface area contributed by atoms with E-state index in [0.717, 1.165) is 6.07 Å². The third-order valence-corrected chi connectivity index (χ3v) is 3.51. The van der Waals surface area contributed by atoms with Gasteiger partial charge in [-0.05, 0) is 25.8 Å². The Kier molecular flexibility index (Phi) is 5.23. The van der Waals surface area contributed by atoms with Crippen molar-refractivity contribution in [3.8, 4) is 0 Å². The fourth-order valence-electron chi connectivity index (χ4n) is 2.32. The maximum atomic E-state index is 13.8. The molecular formula is C14H21F2NO. The molecule has 2 N–H and O–H groups in total. The summed E-state index contributed by atoms with van der Waals surface area (Å²) in [6, 6.07) is 3.40. The van der Waals surface area contributed by atoms with Crippen LogP contribution in [0.1, 0.15) is 45.2 Å². The van der Waals surface area contributed by atoms with Crippen LogP contribution in [0, 0.1) is 11.6 Å². The fraction of sp³-hybridized carbons (Fsp3) is 0.571. The van der Waals surface area contributed by atoms with Crippen molar-refractivity contribution in [2.45, 2.75) is 45.3 Å². The average molecular weight is 257 g/mol. The Labute approximate surface area is 107 Å². The molecule has 1 rings (SSSR count). The highest BCUT2D eigenvalue weighted by Gasteiger charge is 2.36. The molecule has 1 aromatic carbocycles. The van der Waals surface area contributed by atoms with E-state index in [9.17, 15) is 8.78 Å². The minimum Gasteiger partial charge on any atom is -0.373 e. The van der Waals surface area contributed by atoms with Gasteiger partial charge in [0.15, 0.2) is 11.6 Å². The molecule has 1 unspecified atom stereocenters. The predicted molar refractivity (Wildman–Crippen MR) is 68.2 cm³/mol. The van der Waals surface area contributed by atoms with Crippen LogP contribution in [0.25, 0.3) is 0 Å². The van der Waals surface area contributed by atoms with Gasteiger partial charge in [0.2, 0.25) is 0 Å². The molecule has 4 heteroatoms. The lowest BCUT2D eigenvalue weighted by molar-refractivity contribution is -0.0653. The Bertz CT molecular complexity index is 391. The molecule has 0 heterocycles. The van der Waals surface area contributed by atoms with E-state index in [1.54, 1.807) is 0 Å². The van der Waals surface area contributed by atoms with Crippen LogP contribution < -0.4 is 5.73 Å². The summed E-state index contributed by atoms with van der Waals surface area (Å²) in [5, 5.41) is 0. The van der Waals surface area contributed by atoms with Crippen LogP contribution in [0.2, 0.25) is 0 Å². The topological polar surface area (TPSA) is 35.2 Å². The molecule has 0 saturated heterocycles. The zero-order chi connectivity index (χ0) is 13.8. The van der Waals surface area contributed by atoms with Gasteiger partial charge < -0.3 is 10.5 Å². The summed E-state index contributed by atoms with van der Waals surface area (Å²) in [6.45, 7) is 6.24. The number of halogens is 2. The van der Waals surface area contributed by atoms with Gasteiger partial charge in [-0.15, -0.1) is 0 Å². The first-order valence-electron chi connectivity index (χ1n) is 6.35. The molecule has 2 nitrogen and oxygen atoms in total. The highest BCUT2D eigenvalue weighted by molar-refractivity contribution is 5.25. The van der Waals surface area contributed by atoms with Crippen LogP contribution >= 0.6 is 0 Å². The maximum absolute atomic E-state index is 13.8. The summed E-state index contributed by atoms with van der Waals surface area (Å²) in [5.74, 6) is -1.75. The molecule has 0 aromatic heterocycles. The van der Waals surface area contributed by atoms with Crippen LogP contribution in [-0.4, -0.2) is 12.2 Å². The summed E-state index contributed by atoms with van der Waals surface area (Å²) in [7, 11) is 0. The molecule has 0 saturated carbocycles. The van der Waals surface area contributed by atoms with Crippen LogP contribution in [0.4, 0.5) is 8.78 Å². The Morgan fingerprint density at radius 3 is 2.33 bits per heavy atom. The maximum Gasteiger partial charge on any atom is 0.163 e. The molecule has 1 aromatic rings. The molecule has 0 radical (unpaired) electrons. The van der Waals surface area contributed by atoms with Gasteiger partial charge in [-0.2, -0.15) is 0 Å². The van der Waals surface area contributed by atoms with Crippen LogP contribution in [0.15, 0.2) is 18.2 Å². The van der Waals surface area contributed by atoms with Crippen molar-refractivity contribution in [3.05, 3.63) is 35.4 Å². The highest BCUT2D eigenvalue weighted by atomic mass is 19.2. The molecule has 0 aliphatic rings. The van der Waals surface area contributed by atoms with Gasteiger partial charge in [0.25, 0.3) is 0 Å². The van der Waals surface area contributed by atoms with E-state index in [1.807, 2.05) is 20.8 Å². The van der Waals surface area contributed by atoms with Crippen LogP contribution in [-0.2, 0) is 4.74 Å². The second kappa shape index (κ2) is 6.25. The summed E-state index contributed by atoms with van der Waals surface area (Å²) in [5.41, 5.74) is 5.64. The molecular weight excluding hydrogens is 236 g/mol. The lowest BCUT2D eigenvalue weighted by Crippen LogP contribution is -2.43. The Balaban J connectivity index is 3.17. The fourth-order valence-corrected chi connectivity index (χ4v) is 2.32. The van der Waals surface area contributed by atoms with Crippen molar-refractivity contribution in [1.29, 1.82) is 0 Å². The zero-order valence-electron chi connectivity index (χ0n) is 11.2. The molecule has 0 bridgehead atoms. The van der Waals surface area contributed by atoms with Crippen LogP contribution in [0.3, 0.4) is 0 Å². The van der Waals surface area contributed by atoms with E-state index in [-0.39, 0.29) is 5.56 Å². The molecule has 1 atom stereocenters. The van der Waals surface area contributed by atoms with Crippen molar-refractivity contribution in [2.75, 3.05) is 6.61 Å². The molecule has 102 valence electrons. The highest BCUT2D eigenvalue weighted by Crippen LogP contribution is 2.35. The van der Waals surface area contributed by atoms with E-state index < -0.39 is 23.3 Å². The molecule has 0 aliphatic carbocycles. The van der Waals surface area contributed by atoms with E-state index in [1.165, 1.54) is 12.1 Å². The molecule has 18 heavy (non-hydrogen) atoms. The van der Waals surface area contributed by atoms with E-state index in [0.29, 0.717) is 19.4 Å². The minimum atomic E-state index is -0.879. The Morgan fingerprint density at radius 1 is 1.22 bits per heavy atom. The number of benzene rings is 1. The zero-order valence-corrected chi connectivity index (χ0v) is 11.2. The number of ether oxygens (including phenoxy) is 1.